The number of amides is 1. The SMILES string of the molecule is O=C(NCc1ccc(Cl)cc1)c1cc[nH]c1. The van der Waals surface area contributed by atoms with Gasteiger partial charge in [0.2, 0.25) is 0 Å². The van der Waals surface area contributed by atoms with Crippen molar-refractivity contribution >= 4 is 17.5 Å². The highest BCUT2D eigenvalue weighted by Crippen LogP contribution is 2.09. The van der Waals surface area contributed by atoms with Gasteiger partial charge in [0.25, 0.3) is 5.91 Å². The Morgan fingerprint density at radius 2 is 2.00 bits per heavy atom. The van der Waals surface area contributed by atoms with Gasteiger partial charge in [0, 0.05) is 24.0 Å². The molecule has 0 saturated carbocycles. The van der Waals surface area contributed by atoms with Gasteiger partial charge in [-0.15, -0.1) is 0 Å². The molecule has 2 rings (SSSR count). The summed E-state index contributed by atoms with van der Waals surface area (Å²) in [6.45, 7) is 0.501. The third-order valence-electron chi connectivity index (χ3n) is 2.23. The van der Waals surface area contributed by atoms with E-state index in [9.17, 15) is 4.79 Å². The molecule has 2 aromatic rings. The van der Waals surface area contributed by atoms with E-state index in [1.165, 1.54) is 0 Å². The second-order valence-corrected chi connectivity index (χ2v) is 3.85. The normalized spacial score (nSPS) is 10.1. The molecule has 0 aliphatic carbocycles. The van der Waals surface area contributed by atoms with Crippen LogP contribution in [0.3, 0.4) is 0 Å². The van der Waals surface area contributed by atoms with Crippen LogP contribution in [-0.4, -0.2) is 10.9 Å². The van der Waals surface area contributed by atoms with E-state index in [1.807, 2.05) is 12.1 Å². The summed E-state index contributed by atoms with van der Waals surface area (Å²) in [4.78, 5) is 14.4. The molecule has 0 atom stereocenters. The molecule has 0 saturated heterocycles. The molecule has 82 valence electrons. The number of benzene rings is 1. The minimum Gasteiger partial charge on any atom is -0.367 e. The van der Waals surface area contributed by atoms with E-state index >= 15 is 0 Å². The van der Waals surface area contributed by atoms with Crippen molar-refractivity contribution < 1.29 is 4.79 Å². The topological polar surface area (TPSA) is 44.9 Å². The van der Waals surface area contributed by atoms with Gasteiger partial charge in [-0.2, -0.15) is 0 Å². The van der Waals surface area contributed by atoms with Crippen molar-refractivity contribution in [1.29, 1.82) is 0 Å². The van der Waals surface area contributed by atoms with Gasteiger partial charge in [0.05, 0.1) is 5.56 Å². The smallest absolute Gasteiger partial charge is 0.253 e. The number of hydrogen-bond donors (Lipinski definition) is 2. The van der Waals surface area contributed by atoms with Gasteiger partial charge in [-0.25, -0.2) is 0 Å². The van der Waals surface area contributed by atoms with Crippen LogP contribution in [0.15, 0.2) is 42.7 Å². The maximum atomic E-state index is 11.6. The molecule has 1 amide bonds. The van der Waals surface area contributed by atoms with Crippen molar-refractivity contribution in [2.45, 2.75) is 6.54 Å². The highest BCUT2D eigenvalue weighted by Gasteiger charge is 2.04. The zero-order valence-corrected chi connectivity index (χ0v) is 9.29. The number of aromatic amines is 1. The fourth-order valence-electron chi connectivity index (χ4n) is 1.35. The summed E-state index contributed by atoms with van der Waals surface area (Å²) in [5.74, 6) is -0.0869. The Morgan fingerprint density at radius 1 is 1.25 bits per heavy atom. The Balaban J connectivity index is 1.93. The van der Waals surface area contributed by atoms with Crippen molar-refractivity contribution in [3.63, 3.8) is 0 Å². The van der Waals surface area contributed by atoms with Gasteiger partial charge < -0.3 is 10.3 Å². The minimum absolute atomic E-state index is 0.0869. The van der Waals surface area contributed by atoms with E-state index in [-0.39, 0.29) is 5.91 Å². The van der Waals surface area contributed by atoms with Crippen LogP contribution in [0, 0.1) is 0 Å². The van der Waals surface area contributed by atoms with E-state index in [2.05, 4.69) is 10.3 Å². The summed E-state index contributed by atoms with van der Waals surface area (Å²) < 4.78 is 0. The van der Waals surface area contributed by atoms with Crippen molar-refractivity contribution in [2.75, 3.05) is 0 Å². The first-order chi connectivity index (χ1) is 7.75. The van der Waals surface area contributed by atoms with Gasteiger partial charge in [-0.3, -0.25) is 4.79 Å². The first-order valence-corrected chi connectivity index (χ1v) is 5.29. The lowest BCUT2D eigenvalue weighted by Gasteiger charge is -2.03. The fourth-order valence-corrected chi connectivity index (χ4v) is 1.48. The van der Waals surface area contributed by atoms with Gasteiger partial charge >= 0.3 is 0 Å². The van der Waals surface area contributed by atoms with Crippen LogP contribution < -0.4 is 5.32 Å². The summed E-state index contributed by atoms with van der Waals surface area (Å²) >= 11 is 5.76. The van der Waals surface area contributed by atoms with Crippen LogP contribution in [0.4, 0.5) is 0 Å². The quantitative estimate of drug-likeness (QED) is 0.843. The monoisotopic (exact) mass is 234 g/mol. The lowest BCUT2D eigenvalue weighted by Crippen LogP contribution is -2.22. The second-order valence-electron chi connectivity index (χ2n) is 3.41. The summed E-state index contributed by atoms with van der Waals surface area (Å²) in [7, 11) is 0. The van der Waals surface area contributed by atoms with Crippen LogP contribution in [-0.2, 0) is 6.54 Å². The standard InChI is InChI=1S/C12H11ClN2O/c13-11-3-1-9(2-4-11)7-15-12(16)10-5-6-14-8-10/h1-6,8,14H,7H2,(H,15,16). The molecule has 0 fully saturated rings. The third kappa shape index (κ3) is 2.64. The highest BCUT2D eigenvalue weighted by atomic mass is 35.5. The zero-order chi connectivity index (χ0) is 11.4. The first-order valence-electron chi connectivity index (χ1n) is 4.91. The molecule has 1 aromatic heterocycles. The molecule has 0 radical (unpaired) electrons. The number of carbonyl (C=O) groups is 1. The van der Waals surface area contributed by atoms with Gasteiger partial charge in [-0.1, -0.05) is 23.7 Å². The van der Waals surface area contributed by atoms with Crippen molar-refractivity contribution in [1.82, 2.24) is 10.3 Å². The molecule has 16 heavy (non-hydrogen) atoms. The van der Waals surface area contributed by atoms with Crippen LogP contribution >= 0.6 is 11.6 Å². The predicted molar refractivity (Wildman–Crippen MR) is 63.4 cm³/mol. The lowest BCUT2D eigenvalue weighted by molar-refractivity contribution is 0.0951. The molecule has 0 bridgehead atoms. The number of nitrogens with one attached hydrogen (secondary N) is 2. The molecular weight excluding hydrogens is 224 g/mol. The molecular formula is C12H11ClN2O. The molecule has 2 N–H and O–H groups in total. The van der Waals surface area contributed by atoms with Crippen LogP contribution in [0.5, 0.6) is 0 Å². The summed E-state index contributed by atoms with van der Waals surface area (Å²) in [6.07, 6.45) is 3.38. The Morgan fingerprint density at radius 3 is 2.62 bits per heavy atom. The lowest BCUT2D eigenvalue weighted by atomic mass is 10.2. The Bertz CT molecular complexity index is 462. The maximum Gasteiger partial charge on any atom is 0.253 e. The molecule has 3 nitrogen and oxygen atoms in total. The third-order valence-corrected chi connectivity index (χ3v) is 2.48. The van der Waals surface area contributed by atoms with E-state index < -0.39 is 0 Å². The number of halogens is 1. The van der Waals surface area contributed by atoms with Crippen molar-refractivity contribution in [3.8, 4) is 0 Å². The van der Waals surface area contributed by atoms with E-state index in [1.54, 1.807) is 30.6 Å². The van der Waals surface area contributed by atoms with E-state index in [0.717, 1.165) is 5.56 Å². The molecule has 0 aliphatic heterocycles. The van der Waals surface area contributed by atoms with Gasteiger partial charge in [-0.05, 0) is 23.8 Å². The average Bonchev–Trinajstić information content (AvgIpc) is 2.81. The first kappa shape index (κ1) is 10.8. The van der Waals surface area contributed by atoms with Gasteiger partial charge in [0.1, 0.15) is 0 Å². The molecule has 1 heterocycles. The zero-order valence-electron chi connectivity index (χ0n) is 8.53. The number of carbonyl (C=O) groups excluding carboxylic acids is 1. The summed E-state index contributed by atoms with van der Waals surface area (Å²) in [5.41, 5.74) is 1.65. The molecule has 1 aromatic carbocycles. The number of rotatable bonds is 3. The van der Waals surface area contributed by atoms with E-state index in [0.29, 0.717) is 17.1 Å². The number of H-pyrrole nitrogens is 1. The van der Waals surface area contributed by atoms with Crippen LogP contribution in [0.1, 0.15) is 15.9 Å². The Hall–Kier alpha value is -1.74. The van der Waals surface area contributed by atoms with Crippen LogP contribution in [0.25, 0.3) is 0 Å². The number of hydrogen-bond acceptors (Lipinski definition) is 1. The molecule has 0 unspecified atom stereocenters. The van der Waals surface area contributed by atoms with Crippen LogP contribution in [0.2, 0.25) is 5.02 Å². The molecule has 0 spiro atoms. The van der Waals surface area contributed by atoms with Crippen molar-refractivity contribution in [3.05, 3.63) is 58.9 Å². The molecule has 4 heteroatoms. The number of aromatic nitrogens is 1. The Kier molecular flexibility index (Phi) is 3.27. The fraction of sp³-hybridized carbons (Fsp3) is 0.0833. The summed E-state index contributed by atoms with van der Waals surface area (Å²) in [5, 5.41) is 3.51. The molecule has 0 aliphatic rings. The van der Waals surface area contributed by atoms with E-state index in [4.69, 9.17) is 11.6 Å². The maximum absolute atomic E-state index is 11.6. The highest BCUT2D eigenvalue weighted by molar-refractivity contribution is 6.30. The minimum atomic E-state index is -0.0869. The Labute approximate surface area is 98.4 Å². The predicted octanol–water partition coefficient (Wildman–Crippen LogP) is 2.60. The van der Waals surface area contributed by atoms with Crippen molar-refractivity contribution in [2.24, 2.45) is 0 Å². The summed E-state index contributed by atoms with van der Waals surface area (Å²) in [6, 6.07) is 9.12. The average molecular weight is 235 g/mol. The second kappa shape index (κ2) is 4.86. The van der Waals surface area contributed by atoms with Gasteiger partial charge in [0.15, 0.2) is 0 Å². The largest absolute Gasteiger partial charge is 0.367 e.